The Hall–Kier alpha value is -2.71. The summed E-state index contributed by atoms with van der Waals surface area (Å²) in [5, 5.41) is 9.46. The fourth-order valence-corrected chi connectivity index (χ4v) is 3.18. The number of carbonyl (C=O) groups excluding carboxylic acids is 1. The molecule has 3 rings (SSSR count). The Morgan fingerprint density at radius 1 is 1.32 bits per heavy atom. The van der Waals surface area contributed by atoms with Crippen LogP contribution in [0.1, 0.15) is 35.9 Å². The molecule has 0 unspecified atom stereocenters. The van der Waals surface area contributed by atoms with Crippen LogP contribution < -0.4 is 11.0 Å². The van der Waals surface area contributed by atoms with E-state index >= 15 is 0 Å². The van der Waals surface area contributed by atoms with E-state index in [1.54, 1.807) is 24.0 Å². The first-order chi connectivity index (χ1) is 12.1. The van der Waals surface area contributed by atoms with Crippen molar-refractivity contribution in [3.63, 3.8) is 0 Å². The molecule has 2 N–H and O–H groups in total. The molecule has 0 bridgehead atoms. The maximum absolute atomic E-state index is 12.5. The van der Waals surface area contributed by atoms with Crippen LogP contribution >= 0.6 is 0 Å². The highest BCUT2D eigenvalue weighted by molar-refractivity contribution is 5.93. The molecule has 0 spiro atoms. The van der Waals surface area contributed by atoms with Crippen LogP contribution in [0.15, 0.2) is 17.2 Å². The molecule has 134 valence electrons. The number of hydrogen-bond acceptors (Lipinski definition) is 6. The first-order valence-corrected chi connectivity index (χ1v) is 8.55. The zero-order chi connectivity index (χ0) is 17.8. The highest BCUT2D eigenvalue weighted by atomic mass is 16.2. The second kappa shape index (κ2) is 7.45. The van der Waals surface area contributed by atoms with E-state index in [4.69, 9.17) is 0 Å². The molecule has 0 atom stereocenters. The number of piperidine rings is 1. The van der Waals surface area contributed by atoms with Crippen LogP contribution in [0, 0.1) is 5.92 Å². The second-order valence-corrected chi connectivity index (χ2v) is 6.17. The van der Waals surface area contributed by atoms with Gasteiger partial charge in [0.15, 0.2) is 0 Å². The van der Waals surface area contributed by atoms with Crippen LogP contribution in [0.2, 0.25) is 0 Å². The number of aromatic nitrogens is 5. The minimum Gasteiger partial charge on any atom is -0.357 e. The molecule has 2 aromatic heterocycles. The monoisotopic (exact) mass is 345 g/mol. The van der Waals surface area contributed by atoms with E-state index in [1.807, 2.05) is 11.8 Å². The molecule has 0 aliphatic carbocycles. The standard InChI is InChI=1S/C16H23N7O2/c1-3-23-13(20-21-16(23)25)8-11-4-6-22(7-5-11)14(24)12-9-18-15(17-2)19-10-12/h9-11H,3-8H2,1-2H3,(H,21,25)(H,17,18,19). The van der Waals surface area contributed by atoms with Crippen LogP contribution in [0.3, 0.4) is 0 Å². The summed E-state index contributed by atoms with van der Waals surface area (Å²) < 4.78 is 1.66. The molecule has 0 aromatic carbocycles. The van der Waals surface area contributed by atoms with Crippen LogP contribution in [0.5, 0.6) is 0 Å². The minimum absolute atomic E-state index is 0.0358. The number of nitrogens with zero attached hydrogens (tertiary/aromatic N) is 5. The van der Waals surface area contributed by atoms with Gasteiger partial charge in [-0.15, -0.1) is 0 Å². The number of anilines is 1. The molecule has 3 heterocycles. The van der Waals surface area contributed by atoms with Crippen molar-refractivity contribution in [3.05, 3.63) is 34.3 Å². The Morgan fingerprint density at radius 2 is 2.00 bits per heavy atom. The maximum atomic E-state index is 12.5. The molecule has 2 aromatic rings. The Kier molecular flexibility index (Phi) is 5.11. The van der Waals surface area contributed by atoms with Gasteiger partial charge in [0.1, 0.15) is 5.82 Å². The average molecular weight is 345 g/mol. The Balaban J connectivity index is 1.57. The van der Waals surface area contributed by atoms with Crippen LogP contribution in [0.25, 0.3) is 0 Å². The predicted octanol–water partition coefficient (Wildman–Crippen LogP) is 0.518. The van der Waals surface area contributed by atoms with Gasteiger partial charge in [0.2, 0.25) is 5.95 Å². The molecule has 0 saturated carbocycles. The van der Waals surface area contributed by atoms with Crippen molar-refractivity contribution in [1.82, 2.24) is 29.6 Å². The van der Waals surface area contributed by atoms with Gasteiger partial charge in [-0.2, -0.15) is 5.10 Å². The third kappa shape index (κ3) is 3.70. The normalized spacial score (nSPS) is 15.4. The maximum Gasteiger partial charge on any atom is 0.343 e. The lowest BCUT2D eigenvalue weighted by molar-refractivity contribution is 0.0688. The van der Waals surface area contributed by atoms with E-state index in [0.717, 1.165) is 25.1 Å². The third-order valence-corrected chi connectivity index (χ3v) is 4.65. The number of H-pyrrole nitrogens is 1. The summed E-state index contributed by atoms with van der Waals surface area (Å²) in [5.41, 5.74) is 0.347. The van der Waals surface area contributed by atoms with Gasteiger partial charge < -0.3 is 10.2 Å². The van der Waals surface area contributed by atoms with Crippen molar-refractivity contribution in [3.8, 4) is 0 Å². The minimum atomic E-state index is -0.157. The number of amides is 1. The molecule has 9 nitrogen and oxygen atoms in total. The predicted molar refractivity (Wildman–Crippen MR) is 92.4 cm³/mol. The van der Waals surface area contributed by atoms with Crippen LogP contribution in [-0.4, -0.2) is 55.7 Å². The summed E-state index contributed by atoms with van der Waals surface area (Å²) in [4.78, 5) is 34.2. The summed E-state index contributed by atoms with van der Waals surface area (Å²) in [6.45, 7) is 3.93. The second-order valence-electron chi connectivity index (χ2n) is 6.17. The molecule has 1 amide bonds. The van der Waals surface area contributed by atoms with Gasteiger partial charge in [0.25, 0.3) is 5.91 Å². The van der Waals surface area contributed by atoms with Crippen LogP contribution in [0.4, 0.5) is 5.95 Å². The van der Waals surface area contributed by atoms with Crippen molar-refractivity contribution in [2.75, 3.05) is 25.5 Å². The summed E-state index contributed by atoms with van der Waals surface area (Å²) in [7, 11) is 1.74. The molecule has 1 saturated heterocycles. The van der Waals surface area contributed by atoms with E-state index in [1.165, 1.54) is 0 Å². The molecule has 0 radical (unpaired) electrons. The molecule has 9 heteroatoms. The molecular formula is C16H23N7O2. The van der Waals surface area contributed by atoms with Crippen molar-refractivity contribution in [2.24, 2.45) is 5.92 Å². The van der Waals surface area contributed by atoms with Gasteiger partial charge in [-0.05, 0) is 25.7 Å². The summed E-state index contributed by atoms with van der Waals surface area (Å²) in [6, 6.07) is 0. The topological polar surface area (TPSA) is 109 Å². The van der Waals surface area contributed by atoms with Gasteiger partial charge in [-0.1, -0.05) is 0 Å². The number of nitrogens with one attached hydrogen (secondary N) is 2. The number of hydrogen-bond donors (Lipinski definition) is 2. The average Bonchev–Trinajstić information content (AvgIpc) is 3.01. The number of aromatic amines is 1. The fraction of sp³-hybridized carbons (Fsp3) is 0.562. The Morgan fingerprint density at radius 3 is 2.60 bits per heavy atom. The van der Waals surface area contributed by atoms with Gasteiger partial charge in [-0.25, -0.2) is 19.9 Å². The molecule has 1 aliphatic heterocycles. The summed E-state index contributed by atoms with van der Waals surface area (Å²) >= 11 is 0. The lowest BCUT2D eigenvalue weighted by atomic mass is 9.93. The Labute approximate surface area is 145 Å². The van der Waals surface area contributed by atoms with Gasteiger partial charge in [0.05, 0.1) is 5.56 Å². The first-order valence-electron chi connectivity index (χ1n) is 8.55. The molecular weight excluding hydrogens is 322 g/mol. The number of rotatable bonds is 5. The molecule has 1 fully saturated rings. The van der Waals surface area contributed by atoms with Crippen molar-refractivity contribution in [1.29, 1.82) is 0 Å². The fourth-order valence-electron chi connectivity index (χ4n) is 3.18. The quantitative estimate of drug-likeness (QED) is 0.818. The van der Waals surface area contributed by atoms with E-state index in [0.29, 0.717) is 37.1 Å². The zero-order valence-electron chi connectivity index (χ0n) is 14.5. The van der Waals surface area contributed by atoms with Crippen LogP contribution in [-0.2, 0) is 13.0 Å². The zero-order valence-corrected chi connectivity index (χ0v) is 14.5. The largest absolute Gasteiger partial charge is 0.357 e. The van der Waals surface area contributed by atoms with E-state index in [2.05, 4.69) is 25.5 Å². The summed E-state index contributed by atoms with van der Waals surface area (Å²) in [6.07, 6.45) is 5.65. The van der Waals surface area contributed by atoms with E-state index in [-0.39, 0.29) is 11.6 Å². The van der Waals surface area contributed by atoms with E-state index < -0.39 is 0 Å². The van der Waals surface area contributed by atoms with Crippen molar-refractivity contribution >= 4 is 11.9 Å². The lowest BCUT2D eigenvalue weighted by Gasteiger charge is -2.31. The number of likely N-dealkylation sites (tertiary alicyclic amines) is 1. The SMILES string of the molecule is CCn1c(CC2CCN(C(=O)c3cnc(NC)nc3)CC2)n[nH]c1=O. The third-order valence-electron chi connectivity index (χ3n) is 4.65. The van der Waals surface area contributed by atoms with E-state index in [9.17, 15) is 9.59 Å². The van der Waals surface area contributed by atoms with Gasteiger partial charge >= 0.3 is 5.69 Å². The van der Waals surface area contributed by atoms with Crippen molar-refractivity contribution in [2.45, 2.75) is 32.7 Å². The van der Waals surface area contributed by atoms with Gasteiger partial charge in [-0.3, -0.25) is 9.36 Å². The van der Waals surface area contributed by atoms with Gasteiger partial charge in [0, 0.05) is 45.5 Å². The Bertz CT molecular complexity index is 773. The molecule has 1 aliphatic rings. The molecule has 25 heavy (non-hydrogen) atoms. The number of carbonyl (C=O) groups is 1. The highest BCUT2D eigenvalue weighted by Crippen LogP contribution is 2.22. The smallest absolute Gasteiger partial charge is 0.343 e. The first kappa shape index (κ1) is 17.1. The van der Waals surface area contributed by atoms with Crippen molar-refractivity contribution < 1.29 is 4.79 Å². The highest BCUT2D eigenvalue weighted by Gasteiger charge is 2.25. The summed E-state index contributed by atoms with van der Waals surface area (Å²) in [5.74, 6) is 1.68. The lowest BCUT2D eigenvalue weighted by Crippen LogP contribution is -2.39.